The smallest absolute Gasteiger partial charge is 0.243 e. The van der Waals surface area contributed by atoms with Crippen LogP contribution in [-0.4, -0.2) is 48.7 Å². The summed E-state index contributed by atoms with van der Waals surface area (Å²) in [6.45, 7) is 3.16. The number of carbonyl (C=O) groups is 2. The minimum absolute atomic E-state index is 0.0688. The Morgan fingerprint density at radius 3 is 2.71 bits per heavy atom. The molecule has 1 saturated heterocycles. The van der Waals surface area contributed by atoms with Gasteiger partial charge in [0.25, 0.3) is 0 Å². The molecule has 1 fully saturated rings. The van der Waals surface area contributed by atoms with Gasteiger partial charge in [0, 0.05) is 49.1 Å². The number of hydrogen-bond donors (Lipinski definition) is 1. The molecule has 1 N–H and O–H groups in total. The monoisotopic (exact) mass is 482 g/mol. The summed E-state index contributed by atoms with van der Waals surface area (Å²) >= 11 is 3.52. The van der Waals surface area contributed by atoms with Crippen LogP contribution in [0.25, 0.3) is 0 Å². The maximum Gasteiger partial charge on any atom is 0.243 e. The van der Waals surface area contributed by atoms with Gasteiger partial charge in [-0.1, -0.05) is 52.3 Å². The maximum absolute atomic E-state index is 12.4. The van der Waals surface area contributed by atoms with Crippen molar-refractivity contribution in [1.29, 1.82) is 0 Å². The first-order valence-corrected chi connectivity index (χ1v) is 11.6. The third kappa shape index (κ3) is 5.73. The van der Waals surface area contributed by atoms with Gasteiger partial charge in [0.05, 0.1) is 12.3 Å². The van der Waals surface area contributed by atoms with Crippen LogP contribution >= 0.6 is 15.9 Å². The second-order valence-corrected chi connectivity index (χ2v) is 8.98. The average molecular weight is 483 g/mol. The molecule has 162 valence electrons. The van der Waals surface area contributed by atoms with Crippen molar-refractivity contribution in [3.63, 3.8) is 0 Å². The minimum atomic E-state index is -0.0947. The normalized spacial score (nSPS) is 18.2. The van der Waals surface area contributed by atoms with Crippen LogP contribution in [0.5, 0.6) is 0 Å². The molecule has 0 radical (unpaired) electrons. The summed E-state index contributed by atoms with van der Waals surface area (Å²) in [7, 11) is 0. The number of halogens is 1. The van der Waals surface area contributed by atoms with Gasteiger partial charge in [-0.2, -0.15) is 5.10 Å². The van der Waals surface area contributed by atoms with Crippen LogP contribution < -0.4 is 10.2 Å². The first-order valence-electron chi connectivity index (χ1n) is 10.8. The fourth-order valence-corrected chi connectivity index (χ4v) is 4.46. The van der Waals surface area contributed by atoms with Gasteiger partial charge in [-0.15, -0.1) is 0 Å². The number of anilines is 1. The maximum atomic E-state index is 12.4. The highest BCUT2D eigenvalue weighted by Crippen LogP contribution is 2.26. The summed E-state index contributed by atoms with van der Waals surface area (Å²) in [5.74, 6) is 0.263. The Kier molecular flexibility index (Phi) is 7.02. The van der Waals surface area contributed by atoms with Crippen molar-refractivity contribution in [1.82, 2.24) is 10.3 Å². The molecule has 0 aromatic heterocycles. The van der Waals surface area contributed by atoms with Crippen LogP contribution in [0, 0.1) is 5.92 Å². The summed E-state index contributed by atoms with van der Waals surface area (Å²) in [5, 5.41) is 8.96. The van der Waals surface area contributed by atoms with E-state index in [1.807, 2.05) is 42.5 Å². The average Bonchev–Trinajstić information content (AvgIpc) is 3.47. The summed E-state index contributed by atoms with van der Waals surface area (Å²) in [6.07, 6.45) is 2.19. The summed E-state index contributed by atoms with van der Waals surface area (Å²) < 4.78 is 1.07. The van der Waals surface area contributed by atoms with Crippen molar-refractivity contribution in [3.05, 3.63) is 64.6 Å². The Morgan fingerprint density at radius 2 is 1.90 bits per heavy atom. The molecule has 31 heavy (non-hydrogen) atoms. The Hall–Kier alpha value is -2.67. The number of hydrazone groups is 1. The first-order chi connectivity index (χ1) is 15.1. The van der Waals surface area contributed by atoms with E-state index in [0.29, 0.717) is 19.0 Å². The molecule has 0 bridgehead atoms. The molecule has 6 nitrogen and oxygen atoms in total. The third-order valence-electron chi connectivity index (χ3n) is 5.81. The van der Waals surface area contributed by atoms with Crippen LogP contribution in [0.2, 0.25) is 0 Å². The first kappa shape index (κ1) is 21.6. The lowest BCUT2D eigenvalue weighted by Gasteiger charge is -2.19. The number of amides is 2. The number of hydrogen-bond acceptors (Lipinski definition) is 4. The molecular weight excluding hydrogens is 456 g/mol. The zero-order valence-electron chi connectivity index (χ0n) is 17.5. The van der Waals surface area contributed by atoms with Crippen molar-refractivity contribution in [2.24, 2.45) is 11.0 Å². The highest BCUT2D eigenvalue weighted by Gasteiger charge is 2.24. The second kappa shape index (κ2) is 10.1. The number of carbonyl (C=O) groups excluding carboxylic acids is 2. The largest absolute Gasteiger partial charge is 0.371 e. The molecule has 0 spiro atoms. The lowest BCUT2D eigenvalue weighted by molar-refractivity contribution is -0.133. The van der Waals surface area contributed by atoms with Crippen molar-refractivity contribution in [2.45, 2.75) is 25.7 Å². The van der Waals surface area contributed by atoms with Gasteiger partial charge in [0.1, 0.15) is 0 Å². The van der Waals surface area contributed by atoms with Gasteiger partial charge >= 0.3 is 0 Å². The molecule has 1 unspecified atom stereocenters. The van der Waals surface area contributed by atoms with Crippen LogP contribution in [-0.2, 0) is 9.59 Å². The van der Waals surface area contributed by atoms with E-state index in [1.165, 1.54) is 10.7 Å². The summed E-state index contributed by atoms with van der Waals surface area (Å²) in [4.78, 5) is 27.1. The van der Waals surface area contributed by atoms with Gasteiger partial charge in [-0.3, -0.25) is 9.59 Å². The number of benzene rings is 2. The van der Waals surface area contributed by atoms with E-state index in [1.54, 1.807) is 0 Å². The van der Waals surface area contributed by atoms with Gasteiger partial charge < -0.3 is 10.2 Å². The molecule has 2 aromatic carbocycles. The van der Waals surface area contributed by atoms with E-state index in [2.05, 4.69) is 43.4 Å². The van der Waals surface area contributed by atoms with E-state index in [-0.39, 0.29) is 24.7 Å². The number of nitrogens with zero attached hydrogens (tertiary/aromatic N) is 3. The minimum Gasteiger partial charge on any atom is -0.371 e. The van der Waals surface area contributed by atoms with Crippen LogP contribution in [0.15, 0.2) is 64.2 Å². The zero-order chi connectivity index (χ0) is 21.6. The van der Waals surface area contributed by atoms with Crippen LogP contribution in [0.4, 0.5) is 5.69 Å². The SMILES string of the molecule is O=C(CCC(=O)N1CCC(c2ccccc2)=N1)NCC1CCN(c2cccc(Br)c2)C1. The van der Waals surface area contributed by atoms with Crippen LogP contribution in [0.3, 0.4) is 0 Å². The summed E-state index contributed by atoms with van der Waals surface area (Å²) in [6, 6.07) is 18.2. The van der Waals surface area contributed by atoms with E-state index in [4.69, 9.17) is 0 Å². The zero-order valence-corrected chi connectivity index (χ0v) is 19.1. The fourth-order valence-electron chi connectivity index (χ4n) is 4.07. The van der Waals surface area contributed by atoms with E-state index < -0.39 is 0 Å². The molecule has 7 heteroatoms. The molecule has 4 rings (SSSR count). The number of rotatable bonds is 7. The fraction of sp³-hybridized carbons (Fsp3) is 0.375. The Labute approximate surface area is 191 Å². The van der Waals surface area contributed by atoms with E-state index >= 15 is 0 Å². The highest BCUT2D eigenvalue weighted by atomic mass is 79.9. The molecule has 0 saturated carbocycles. The van der Waals surface area contributed by atoms with Crippen molar-refractivity contribution in [2.75, 3.05) is 31.1 Å². The lowest BCUT2D eigenvalue weighted by atomic mass is 10.1. The molecule has 2 aliphatic heterocycles. The Morgan fingerprint density at radius 1 is 1.06 bits per heavy atom. The van der Waals surface area contributed by atoms with Crippen molar-refractivity contribution >= 4 is 39.1 Å². The van der Waals surface area contributed by atoms with Gasteiger partial charge in [0.2, 0.25) is 11.8 Å². The molecule has 1 atom stereocenters. The molecule has 2 aliphatic rings. The van der Waals surface area contributed by atoms with E-state index in [9.17, 15) is 9.59 Å². The molecule has 2 amide bonds. The van der Waals surface area contributed by atoms with Crippen LogP contribution in [0.1, 0.15) is 31.2 Å². The van der Waals surface area contributed by atoms with Gasteiger partial charge in [-0.25, -0.2) is 5.01 Å². The Bertz CT molecular complexity index is 963. The van der Waals surface area contributed by atoms with Gasteiger partial charge in [-0.05, 0) is 36.1 Å². The molecule has 0 aliphatic carbocycles. The van der Waals surface area contributed by atoms with Crippen molar-refractivity contribution in [3.8, 4) is 0 Å². The van der Waals surface area contributed by atoms with Crippen molar-refractivity contribution < 1.29 is 9.59 Å². The van der Waals surface area contributed by atoms with E-state index in [0.717, 1.165) is 41.7 Å². The standard InChI is InChI=1S/C24H27BrN4O2/c25-20-7-4-8-21(15-20)28-13-11-18(17-28)16-26-23(30)9-10-24(31)29-14-12-22(27-29)19-5-2-1-3-6-19/h1-8,15,18H,9-14,16-17H2,(H,26,30). The Balaban J connectivity index is 1.18. The number of nitrogens with one attached hydrogen (secondary N) is 1. The quantitative estimate of drug-likeness (QED) is 0.652. The third-order valence-corrected chi connectivity index (χ3v) is 6.30. The summed E-state index contributed by atoms with van der Waals surface area (Å²) in [5.41, 5.74) is 3.17. The van der Waals surface area contributed by atoms with Gasteiger partial charge in [0.15, 0.2) is 0 Å². The molecule has 2 heterocycles. The second-order valence-electron chi connectivity index (χ2n) is 8.06. The molecular formula is C24H27BrN4O2. The predicted octanol–water partition coefficient (Wildman–Crippen LogP) is 3.81. The molecule has 2 aromatic rings. The predicted molar refractivity (Wildman–Crippen MR) is 126 cm³/mol. The topological polar surface area (TPSA) is 65.0 Å². The lowest BCUT2D eigenvalue weighted by Crippen LogP contribution is -2.32. The highest BCUT2D eigenvalue weighted by molar-refractivity contribution is 9.10.